The van der Waals surface area contributed by atoms with Gasteiger partial charge in [-0.15, -0.1) is 0 Å². The predicted octanol–water partition coefficient (Wildman–Crippen LogP) is 1.65. The van der Waals surface area contributed by atoms with Gasteiger partial charge in [0, 0.05) is 55.7 Å². The maximum Gasteiger partial charge on any atom is 0.254 e. The molecule has 0 aliphatic carbocycles. The van der Waals surface area contributed by atoms with Gasteiger partial charge in [-0.3, -0.25) is 9.59 Å². The molecule has 3 unspecified atom stereocenters. The molecule has 0 bridgehead atoms. The molecule has 2 amide bonds. The number of morpholine rings is 1. The fourth-order valence-electron chi connectivity index (χ4n) is 3.54. The monoisotopic (exact) mass is 391 g/mol. The second kappa shape index (κ2) is 9.57. The van der Waals surface area contributed by atoms with Crippen molar-refractivity contribution in [1.82, 2.24) is 15.5 Å². The van der Waals surface area contributed by atoms with Crippen molar-refractivity contribution in [3.8, 4) is 0 Å². The van der Waals surface area contributed by atoms with E-state index in [1.807, 2.05) is 54.8 Å². The number of amides is 2. The van der Waals surface area contributed by atoms with Gasteiger partial charge in [-0.2, -0.15) is 11.8 Å². The second-order valence-electron chi connectivity index (χ2n) is 7.37. The van der Waals surface area contributed by atoms with Crippen molar-refractivity contribution in [1.29, 1.82) is 0 Å². The Morgan fingerprint density at radius 3 is 2.56 bits per heavy atom. The van der Waals surface area contributed by atoms with Gasteiger partial charge in [0.1, 0.15) is 0 Å². The molecule has 2 fully saturated rings. The second-order valence-corrected chi connectivity index (χ2v) is 8.52. The van der Waals surface area contributed by atoms with E-state index in [4.69, 9.17) is 4.74 Å². The standard InChI is InChI=1S/C20H29N3O3S/c1-14-11-23(12-15(2)26-14)20(25)17-5-3-16(4-6-17)10-22-19(24)9-18-13-27-8-7-21-18/h3-6,14-15,18,21H,7-13H2,1-2H3,(H,22,24). The van der Waals surface area contributed by atoms with Crippen LogP contribution in [0.1, 0.15) is 36.2 Å². The Morgan fingerprint density at radius 1 is 1.22 bits per heavy atom. The zero-order valence-corrected chi connectivity index (χ0v) is 16.9. The Hall–Kier alpha value is -1.57. The third kappa shape index (κ3) is 5.96. The zero-order valence-electron chi connectivity index (χ0n) is 16.1. The first-order valence-corrected chi connectivity index (χ1v) is 10.8. The number of hydrogen-bond acceptors (Lipinski definition) is 5. The third-order valence-corrected chi connectivity index (χ3v) is 5.96. The van der Waals surface area contributed by atoms with Crippen LogP contribution >= 0.6 is 11.8 Å². The van der Waals surface area contributed by atoms with Crippen LogP contribution in [0.25, 0.3) is 0 Å². The first-order valence-electron chi connectivity index (χ1n) is 9.63. The van der Waals surface area contributed by atoms with Crippen LogP contribution < -0.4 is 10.6 Å². The fraction of sp³-hybridized carbons (Fsp3) is 0.600. The molecular formula is C20H29N3O3S. The lowest BCUT2D eigenvalue weighted by molar-refractivity contribution is -0.121. The number of nitrogens with one attached hydrogen (secondary N) is 2. The van der Waals surface area contributed by atoms with Gasteiger partial charge >= 0.3 is 0 Å². The van der Waals surface area contributed by atoms with E-state index in [0.29, 0.717) is 31.6 Å². The summed E-state index contributed by atoms with van der Waals surface area (Å²) >= 11 is 1.89. The van der Waals surface area contributed by atoms with Crippen molar-refractivity contribution in [2.45, 2.75) is 45.1 Å². The normalized spacial score (nSPS) is 25.9. The van der Waals surface area contributed by atoms with Gasteiger partial charge in [-0.25, -0.2) is 0 Å². The molecule has 2 aliphatic rings. The highest BCUT2D eigenvalue weighted by Gasteiger charge is 2.26. The molecule has 0 aromatic heterocycles. The Morgan fingerprint density at radius 2 is 1.93 bits per heavy atom. The lowest BCUT2D eigenvalue weighted by Gasteiger charge is -2.35. The summed E-state index contributed by atoms with van der Waals surface area (Å²) < 4.78 is 5.69. The molecule has 1 aromatic rings. The van der Waals surface area contributed by atoms with Crippen LogP contribution in [0.2, 0.25) is 0 Å². The predicted molar refractivity (Wildman–Crippen MR) is 108 cm³/mol. The van der Waals surface area contributed by atoms with E-state index in [9.17, 15) is 9.59 Å². The summed E-state index contributed by atoms with van der Waals surface area (Å²) in [6.07, 6.45) is 0.630. The van der Waals surface area contributed by atoms with Gasteiger partial charge in [-0.05, 0) is 31.5 Å². The summed E-state index contributed by atoms with van der Waals surface area (Å²) in [6, 6.07) is 7.77. The molecule has 2 aliphatic heterocycles. The third-order valence-electron chi connectivity index (χ3n) is 4.83. The number of ether oxygens (including phenoxy) is 1. The van der Waals surface area contributed by atoms with Crippen LogP contribution in [0.3, 0.4) is 0 Å². The minimum Gasteiger partial charge on any atom is -0.372 e. The largest absolute Gasteiger partial charge is 0.372 e. The highest BCUT2D eigenvalue weighted by Crippen LogP contribution is 2.15. The Labute approximate surface area is 165 Å². The van der Waals surface area contributed by atoms with Crippen molar-refractivity contribution in [3.63, 3.8) is 0 Å². The molecule has 6 nitrogen and oxygen atoms in total. The van der Waals surface area contributed by atoms with Gasteiger partial charge < -0.3 is 20.3 Å². The maximum absolute atomic E-state index is 12.7. The summed E-state index contributed by atoms with van der Waals surface area (Å²) in [4.78, 5) is 26.6. The van der Waals surface area contributed by atoms with E-state index in [0.717, 1.165) is 23.6 Å². The summed E-state index contributed by atoms with van der Waals surface area (Å²) in [6.45, 7) is 6.67. The Bertz CT molecular complexity index is 636. The molecule has 7 heteroatoms. The van der Waals surface area contributed by atoms with Gasteiger partial charge in [0.25, 0.3) is 5.91 Å². The highest BCUT2D eigenvalue weighted by molar-refractivity contribution is 7.99. The first kappa shape index (κ1) is 20.2. The van der Waals surface area contributed by atoms with E-state index in [-0.39, 0.29) is 30.1 Å². The van der Waals surface area contributed by atoms with E-state index in [1.54, 1.807) is 0 Å². The van der Waals surface area contributed by atoms with Crippen molar-refractivity contribution in [2.75, 3.05) is 31.1 Å². The first-order chi connectivity index (χ1) is 13.0. The van der Waals surface area contributed by atoms with Crippen LogP contribution in [-0.2, 0) is 16.1 Å². The molecule has 27 heavy (non-hydrogen) atoms. The quantitative estimate of drug-likeness (QED) is 0.799. The number of thioether (sulfide) groups is 1. The molecule has 1 aromatic carbocycles. The molecule has 148 valence electrons. The van der Waals surface area contributed by atoms with Crippen molar-refractivity contribution >= 4 is 23.6 Å². The molecular weight excluding hydrogens is 362 g/mol. The summed E-state index contributed by atoms with van der Waals surface area (Å²) in [5, 5.41) is 6.34. The molecule has 2 heterocycles. The van der Waals surface area contributed by atoms with Gasteiger partial charge in [0.2, 0.25) is 5.91 Å². The van der Waals surface area contributed by atoms with Crippen LogP contribution in [-0.4, -0.2) is 66.1 Å². The smallest absolute Gasteiger partial charge is 0.254 e. The number of carbonyl (C=O) groups is 2. The van der Waals surface area contributed by atoms with Crippen molar-refractivity contribution in [3.05, 3.63) is 35.4 Å². The number of carbonyl (C=O) groups excluding carboxylic acids is 2. The zero-order chi connectivity index (χ0) is 19.2. The molecule has 0 spiro atoms. The number of benzene rings is 1. The van der Waals surface area contributed by atoms with Gasteiger partial charge in [0.15, 0.2) is 0 Å². The van der Waals surface area contributed by atoms with E-state index in [1.165, 1.54) is 0 Å². The van der Waals surface area contributed by atoms with Crippen LogP contribution in [0.4, 0.5) is 0 Å². The Kier molecular flexibility index (Phi) is 7.15. The topological polar surface area (TPSA) is 70.7 Å². The van der Waals surface area contributed by atoms with E-state index in [2.05, 4.69) is 10.6 Å². The number of hydrogen-bond donors (Lipinski definition) is 2. The highest BCUT2D eigenvalue weighted by atomic mass is 32.2. The lowest BCUT2D eigenvalue weighted by Crippen LogP contribution is -2.48. The van der Waals surface area contributed by atoms with Gasteiger partial charge in [0.05, 0.1) is 12.2 Å². The average molecular weight is 392 g/mol. The van der Waals surface area contributed by atoms with E-state index < -0.39 is 0 Å². The minimum absolute atomic E-state index is 0.0356. The molecule has 2 saturated heterocycles. The molecule has 0 saturated carbocycles. The Balaban J connectivity index is 1.48. The summed E-state index contributed by atoms with van der Waals surface area (Å²) in [5.41, 5.74) is 1.67. The number of nitrogens with zero attached hydrogens (tertiary/aromatic N) is 1. The fourth-order valence-corrected chi connectivity index (χ4v) is 4.49. The van der Waals surface area contributed by atoms with E-state index >= 15 is 0 Å². The molecule has 2 N–H and O–H groups in total. The molecule has 0 radical (unpaired) electrons. The SMILES string of the molecule is CC1CN(C(=O)c2ccc(CNC(=O)CC3CSCCN3)cc2)CC(C)O1. The number of rotatable bonds is 5. The van der Waals surface area contributed by atoms with Crippen LogP contribution in [0.5, 0.6) is 0 Å². The van der Waals surface area contributed by atoms with Crippen LogP contribution in [0.15, 0.2) is 24.3 Å². The molecule has 3 atom stereocenters. The minimum atomic E-state index is 0.0356. The van der Waals surface area contributed by atoms with Crippen LogP contribution in [0, 0.1) is 0 Å². The van der Waals surface area contributed by atoms with Crippen molar-refractivity contribution < 1.29 is 14.3 Å². The average Bonchev–Trinajstić information content (AvgIpc) is 2.66. The lowest BCUT2D eigenvalue weighted by atomic mass is 10.1. The molecule has 3 rings (SSSR count). The summed E-state index contributed by atoms with van der Waals surface area (Å²) in [7, 11) is 0. The summed E-state index contributed by atoms with van der Waals surface area (Å²) in [5.74, 6) is 2.20. The van der Waals surface area contributed by atoms with Gasteiger partial charge in [-0.1, -0.05) is 12.1 Å². The maximum atomic E-state index is 12.7. The van der Waals surface area contributed by atoms with Crippen molar-refractivity contribution in [2.24, 2.45) is 0 Å².